The van der Waals surface area contributed by atoms with Crippen LogP contribution < -0.4 is 5.73 Å². The third-order valence-electron chi connectivity index (χ3n) is 3.46. The fraction of sp³-hybridized carbons (Fsp3) is 0.200. The van der Waals surface area contributed by atoms with Gasteiger partial charge in [-0.2, -0.15) is 5.10 Å². The van der Waals surface area contributed by atoms with Crippen LogP contribution in [-0.4, -0.2) is 26.3 Å². The molecular formula is C15H17N5. The number of hydrogen-bond donors (Lipinski definition) is 2. The summed E-state index contributed by atoms with van der Waals surface area (Å²) in [6, 6.07) is 12.1. The van der Waals surface area contributed by atoms with Crippen LogP contribution >= 0.6 is 0 Å². The quantitative estimate of drug-likeness (QED) is 0.758. The summed E-state index contributed by atoms with van der Waals surface area (Å²) in [6.07, 6.45) is 3.60. The third-order valence-corrected chi connectivity index (χ3v) is 3.46. The van der Waals surface area contributed by atoms with Crippen LogP contribution in [0.4, 0.5) is 0 Å². The smallest absolute Gasteiger partial charge is 0.115 e. The largest absolute Gasteiger partial charge is 0.340 e. The number of aromatic amines is 1. The monoisotopic (exact) mass is 267 g/mol. The molecule has 0 aliphatic heterocycles. The molecule has 2 aromatic heterocycles. The van der Waals surface area contributed by atoms with Gasteiger partial charge in [-0.05, 0) is 11.6 Å². The molecule has 0 saturated heterocycles. The van der Waals surface area contributed by atoms with Gasteiger partial charge >= 0.3 is 0 Å². The first kappa shape index (κ1) is 12.6. The lowest BCUT2D eigenvalue weighted by atomic mass is 9.99. The number of rotatable bonds is 4. The number of nitrogens with one attached hydrogen (secondary N) is 1. The molecule has 5 nitrogen and oxygen atoms in total. The van der Waals surface area contributed by atoms with E-state index in [9.17, 15) is 0 Å². The molecule has 3 aromatic rings. The zero-order chi connectivity index (χ0) is 13.9. The van der Waals surface area contributed by atoms with E-state index >= 15 is 0 Å². The van der Waals surface area contributed by atoms with Crippen LogP contribution in [0.1, 0.15) is 17.3 Å². The molecule has 1 unspecified atom stereocenters. The van der Waals surface area contributed by atoms with Crippen LogP contribution in [0.3, 0.4) is 0 Å². The van der Waals surface area contributed by atoms with Gasteiger partial charge in [0.05, 0.1) is 23.5 Å². The third kappa shape index (κ3) is 2.23. The summed E-state index contributed by atoms with van der Waals surface area (Å²) in [6.45, 7) is 0.516. The van der Waals surface area contributed by atoms with E-state index in [4.69, 9.17) is 5.73 Å². The zero-order valence-corrected chi connectivity index (χ0v) is 11.3. The van der Waals surface area contributed by atoms with Gasteiger partial charge < -0.3 is 10.7 Å². The minimum Gasteiger partial charge on any atom is -0.340 e. The van der Waals surface area contributed by atoms with Crippen molar-refractivity contribution in [1.29, 1.82) is 0 Å². The first-order chi connectivity index (χ1) is 9.79. The van der Waals surface area contributed by atoms with Gasteiger partial charge in [0.15, 0.2) is 0 Å². The standard InChI is InChI=1S/C15H17N5/c1-20-14(7-8-18-20)13-10-17-15(19-13)12(9-16)11-5-3-2-4-6-11/h2-8,10,12H,9,16H2,1H3,(H,17,19). The van der Waals surface area contributed by atoms with Crippen molar-refractivity contribution in [3.63, 3.8) is 0 Å². The van der Waals surface area contributed by atoms with Crippen LogP contribution in [0.15, 0.2) is 48.8 Å². The molecule has 0 fully saturated rings. The maximum atomic E-state index is 5.92. The van der Waals surface area contributed by atoms with E-state index in [1.807, 2.05) is 42.2 Å². The Balaban J connectivity index is 1.95. The van der Waals surface area contributed by atoms with Crippen molar-refractivity contribution in [3.8, 4) is 11.4 Å². The van der Waals surface area contributed by atoms with Crippen molar-refractivity contribution < 1.29 is 0 Å². The number of imidazole rings is 1. The van der Waals surface area contributed by atoms with Crippen molar-refractivity contribution in [2.24, 2.45) is 12.8 Å². The average Bonchev–Trinajstić information content (AvgIpc) is 3.10. The van der Waals surface area contributed by atoms with Crippen LogP contribution in [0.5, 0.6) is 0 Å². The molecule has 5 heteroatoms. The van der Waals surface area contributed by atoms with Gasteiger partial charge in [-0.25, -0.2) is 4.98 Å². The van der Waals surface area contributed by atoms with E-state index in [0.717, 1.165) is 17.2 Å². The van der Waals surface area contributed by atoms with Crippen molar-refractivity contribution >= 4 is 0 Å². The summed E-state index contributed by atoms with van der Waals surface area (Å²) in [5.74, 6) is 0.966. The number of H-pyrrole nitrogens is 1. The number of hydrogen-bond acceptors (Lipinski definition) is 3. The molecule has 1 aromatic carbocycles. The van der Waals surface area contributed by atoms with Gasteiger partial charge in [-0.15, -0.1) is 0 Å². The van der Waals surface area contributed by atoms with Crippen LogP contribution in [0.25, 0.3) is 11.4 Å². The molecule has 0 radical (unpaired) electrons. The second-order valence-corrected chi connectivity index (χ2v) is 4.72. The predicted molar refractivity (Wildman–Crippen MR) is 78.1 cm³/mol. The molecule has 0 saturated carbocycles. The van der Waals surface area contributed by atoms with Crippen molar-refractivity contribution in [3.05, 3.63) is 60.2 Å². The molecule has 0 bridgehead atoms. The van der Waals surface area contributed by atoms with Gasteiger partial charge in [0, 0.05) is 19.8 Å². The Kier molecular flexibility index (Phi) is 3.35. The normalized spacial score (nSPS) is 12.5. The summed E-state index contributed by atoms with van der Waals surface area (Å²) < 4.78 is 1.82. The Morgan fingerprint density at radius 2 is 2.05 bits per heavy atom. The summed E-state index contributed by atoms with van der Waals surface area (Å²) in [5.41, 5.74) is 9.04. The molecular weight excluding hydrogens is 250 g/mol. The Bertz CT molecular complexity index is 683. The van der Waals surface area contributed by atoms with Gasteiger partial charge in [-0.3, -0.25) is 4.68 Å². The van der Waals surface area contributed by atoms with E-state index in [-0.39, 0.29) is 5.92 Å². The molecule has 3 N–H and O–H groups in total. The van der Waals surface area contributed by atoms with Crippen LogP contribution in [-0.2, 0) is 7.05 Å². The van der Waals surface area contributed by atoms with Gasteiger partial charge in [0.1, 0.15) is 5.82 Å². The molecule has 3 rings (SSSR count). The van der Waals surface area contributed by atoms with E-state index in [1.165, 1.54) is 5.56 Å². The van der Waals surface area contributed by atoms with E-state index in [0.29, 0.717) is 6.54 Å². The lowest BCUT2D eigenvalue weighted by Crippen LogP contribution is -2.15. The van der Waals surface area contributed by atoms with Crippen molar-refractivity contribution in [2.45, 2.75) is 5.92 Å². The highest BCUT2D eigenvalue weighted by Gasteiger charge is 2.16. The second kappa shape index (κ2) is 5.30. The SMILES string of the molecule is Cn1nccc1-c1cnc(C(CN)c2ccccc2)[nH]1. The molecule has 1 atom stereocenters. The fourth-order valence-electron chi connectivity index (χ4n) is 2.37. The second-order valence-electron chi connectivity index (χ2n) is 4.72. The van der Waals surface area contributed by atoms with E-state index < -0.39 is 0 Å². The van der Waals surface area contributed by atoms with Crippen LogP contribution in [0.2, 0.25) is 0 Å². The van der Waals surface area contributed by atoms with Gasteiger partial charge in [0.2, 0.25) is 0 Å². The Morgan fingerprint density at radius 1 is 1.25 bits per heavy atom. The molecule has 0 aliphatic rings. The number of nitrogens with two attached hydrogens (primary N) is 1. The minimum atomic E-state index is 0.0816. The van der Waals surface area contributed by atoms with E-state index in [2.05, 4.69) is 27.2 Å². The highest BCUT2D eigenvalue weighted by Crippen LogP contribution is 2.24. The first-order valence-electron chi connectivity index (χ1n) is 6.58. The zero-order valence-electron chi connectivity index (χ0n) is 11.3. The summed E-state index contributed by atoms with van der Waals surface area (Å²) in [4.78, 5) is 7.84. The van der Waals surface area contributed by atoms with Crippen LogP contribution in [0, 0.1) is 0 Å². The Labute approximate surface area is 117 Å². The van der Waals surface area contributed by atoms with Crippen molar-refractivity contribution in [2.75, 3.05) is 6.54 Å². The Hall–Kier alpha value is -2.40. The molecule has 2 heterocycles. The maximum absolute atomic E-state index is 5.92. The number of aromatic nitrogens is 4. The predicted octanol–water partition coefficient (Wildman–Crippen LogP) is 1.90. The average molecular weight is 267 g/mol. The Morgan fingerprint density at radius 3 is 2.70 bits per heavy atom. The minimum absolute atomic E-state index is 0.0816. The summed E-state index contributed by atoms with van der Waals surface area (Å²) >= 11 is 0. The number of benzene rings is 1. The molecule has 20 heavy (non-hydrogen) atoms. The fourth-order valence-corrected chi connectivity index (χ4v) is 2.37. The highest BCUT2D eigenvalue weighted by atomic mass is 15.3. The number of aryl methyl sites for hydroxylation is 1. The van der Waals surface area contributed by atoms with Gasteiger partial charge in [-0.1, -0.05) is 30.3 Å². The molecule has 0 spiro atoms. The summed E-state index contributed by atoms with van der Waals surface area (Å²) in [7, 11) is 1.91. The maximum Gasteiger partial charge on any atom is 0.115 e. The topological polar surface area (TPSA) is 72.5 Å². The number of nitrogens with zero attached hydrogens (tertiary/aromatic N) is 3. The summed E-state index contributed by atoms with van der Waals surface area (Å²) in [5, 5.41) is 4.17. The molecule has 102 valence electrons. The molecule has 0 aliphatic carbocycles. The van der Waals surface area contributed by atoms with E-state index in [1.54, 1.807) is 6.20 Å². The van der Waals surface area contributed by atoms with Gasteiger partial charge in [0.25, 0.3) is 0 Å². The highest BCUT2D eigenvalue weighted by molar-refractivity contribution is 5.53. The first-order valence-corrected chi connectivity index (χ1v) is 6.58. The van der Waals surface area contributed by atoms with Crippen molar-refractivity contribution in [1.82, 2.24) is 19.7 Å². The molecule has 0 amide bonds. The lowest BCUT2D eigenvalue weighted by Gasteiger charge is -2.12. The lowest BCUT2D eigenvalue weighted by molar-refractivity contribution is 0.759.